The highest BCUT2D eigenvalue weighted by atomic mass is 32.2. The Bertz CT molecular complexity index is 894. The molecule has 158 valence electrons. The summed E-state index contributed by atoms with van der Waals surface area (Å²) in [6.07, 6.45) is 6.57. The summed E-state index contributed by atoms with van der Waals surface area (Å²) < 4.78 is 41.6. The van der Waals surface area contributed by atoms with Gasteiger partial charge in [0.25, 0.3) is 0 Å². The van der Waals surface area contributed by atoms with Gasteiger partial charge in [-0.05, 0) is 50.6 Å². The molecule has 1 aliphatic carbocycles. The van der Waals surface area contributed by atoms with Gasteiger partial charge in [0.15, 0.2) is 0 Å². The van der Waals surface area contributed by atoms with Crippen LogP contribution in [0.2, 0.25) is 0 Å². The van der Waals surface area contributed by atoms with E-state index in [4.69, 9.17) is 0 Å². The standard InChI is InChI=1S/C21H28FN3O3S/c1-23-13-15-24(16-14-23)20(26)21-10-2-3-12-25(19(21)5-4-11-21)29(27,28)18-8-6-17(22)7-9-18/h2-3,6-9,19H,4-5,10-16H2,1H3/t19-,21-/m1/s1. The largest absolute Gasteiger partial charge is 0.340 e. The number of carbonyl (C=O) groups excluding carboxylic acids is 1. The van der Waals surface area contributed by atoms with Gasteiger partial charge in [-0.2, -0.15) is 4.31 Å². The van der Waals surface area contributed by atoms with E-state index in [1.165, 1.54) is 16.4 Å². The van der Waals surface area contributed by atoms with Crippen LogP contribution in [0.5, 0.6) is 0 Å². The summed E-state index contributed by atoms with van der Waals surface area (Å²) in [5.74, 6) is -0.390. The van der Waals surface area contributed by atoms with Gasteiger partial charge in [-0.1, -0.05) is 18.6 Å². The zero-order valence-corrected chi connectivity index (χ0v) is 17.6. The molecule has 1 saturated carbocycles. The average molecular weight is 422 g/mol. The summed E-state index contributed by atoms with van der Waals surface area (Å²) in [5.41, 5.74) is -0.712. The SMILES string of the molecule is CN1CCN(C(=O)[C@@]23CC=CCN(S(=O)(=O)c4ccc(F)cc4)[C@@H]2CCC3)CC1. The summed E-state index contributed by atoms with van der Waals surface area (Å²) in [4.78, 5) is 17.9. The Morgan fingerprint density at radius 2 is 1.79 bits per heavy atom. The molecule has 2 fully saturated rings. The van der Waals surface area contributed by atoms with E-state index in [2.05, 4.69) is 4.90 Å². The molecule has 8 heteroatoms. The molecule has 29 heavy (non-hydrogen) atoms. The first-order valence-corrected chi connectivity index (χ1v) is 11.7. The molecule has 2 heterocycles. The van der Waals surface area contributed by atoms with Crippen LogP contribution >= 0.6 is 0 Å². The molecule has 0 aromatic heterocycles. The molecule has 0 bridgehead atoms. The van der Waals surface area contributed by atoms with Crippen molar-refractivity contribution in [2.45, 2.75) is 36.6 Å². The summed E-state index contributed by atoms with van der Waals surface area (Å²) in [5, 5.41) is 0. The van der Waals surface area contributed by atoms with Crippen molar-refractivity contribution in [1.82, 2.24) is 14.1 Å². The fourth-order valence-corrected chi connectivity index (χ4v) is 6.65. The van der Waals surface area contributed by atoms with Crippen molar-refractivity contribution in [3.05, 3.63) is 42.2 Å². The minimum absolute atomic E-state index is 0.0713. The topological polar surface area (TPSA) is 60.9 Å². The molecule has 3 aliphatic rings. The monoisotopic (exact) mass is 421 g/mol. The Labute approximate surface area is 172 Å². The Morgan fingerprint density at radius 1 is 1.10 bits per heavy atom. The molecule has 6 nitrogen and oxygen atoms in total. The van der Waals surface area contributed by atoms with Crippen molar-refractivity contribution >= 4 is 15.9 Å². The minimum atomic E-state index is -3.83. The number of likely N-dealkylation sites (N-methyl/N-ethyl adjacent to an activating group) is 1. The number of hydrogen-bond donors (Lipinski definition) is 0. The van der Waals surface area contributed by atoms with Crippen molar-refractivity contribution in [3.63, 3.8) is 0 Å². The Kier molecular flexibility index (Phi) is 5.52. The molecular weight excluding hydrogens is 393 g/mol. The predicted octanol–water partition coefficient (Wildman–Crippen LogP) is 2.09. The maximum atomic E-state index is 13.7. The number of nitrogens with zero attached hydrogens (tertiary/aromatic N) is 3. The maximum Gasteiger partial charge on any atom is 0.243 e. The van der Waals surface area contributed by atoms with Crippen LogP contribution in [0.3, 0.4) is 0 Å². The lowest BCUT2D eigenvalue weighted by molar-refractivity contribution is -0.145. The molecule has 1 aromatic carbocycles. The number of carbonyl (C=O) groups is 1. The number of allylic oxidation sites excluding steroid dienone is 1. The first-order chi connectivity index (χ1) is 13.8. The second kappa shape index (κ2) is 7.81. The van der Waals surface area contributed by atoms with E-state index in [1.54, 1.807) is 0 Å². The Hall–Kier alpha value is -1.77. The van der Waals surface area contributed by atoms with Crippen LogP contribution in [0.4, 0.5) is 4.39 Å². The summed E-state index contributed by atoms with van der Waals surface area (Å²) in [6, 6.07) is 4.56. The number of piperazine rings is 1. The van der Waals surface area contributed by atoms with Gasteiger partial charge in [-0.15, -0.1) is 0 Å². The van der Waals surface area contributed by atoms with Gasteiger partial charge >= 0.3 is 0 Å². The van der Waals surface area contributed by atoms with Gasteiger partial charge in [0.2, 0.25) is 15.9 Å². The highest BCUT2D eigenvalue weighted by Gasteiger charge is 2.55. The minimum Gasteiger partial charge on any atom is -0.340 e. The number of fused-ring (bicyclic) bond motifs is 1. The van der Waals surface area contributed by atoms with Crippen LogP contribution in [0, 0.1) is 11.2 Å². The third-order valence-corrected chi connectivity index (χ3v) is 8.55. The van der Waals surface area contributed by atoms with Gasteiger partial charge < -0.3 is 9.80 Å². The zero-order chi connectivity index (χ0) is 20.6. The first kappa shape index (κ1) is 20.5. The van der Waals surface area contributed by atoms with Crippen molar-refractivity contribution in [2.75, 3.05) is 39.8 Å². The lowest BCUT2D eigenvalue weighted by atomic mass is 9.78. The molecule has 1 amide bonds. The smallest absolute Gasteiger partial charge is 0.243 e. The number of halogens is 1. The predicted molar refractivity (Wildman–Crippen MR) is 108 cm³/mol. The van der Waals surface area contributed by atoms with Crippen LogP contribution in [0.15, 0.2) is 41.3 Å². The molecule has 0 N–H and O–H groups in total. The van der Waals surface area contributed by atoms with Crippen LogP contribution < -0.4 is 0 Å². The Morgan fingerprint density at radius 3 is 2.48 bits per heavy atom. The second-order valence-corrected chi connectivity index (χ2v) is 10.3. The highest BCUT2D eigenvalue weighted by molar-refractivity contribution is 7.89. The van der Waals surface area contributed by atoms with E-state index in [9.17, 15) is 17.6 Å². The Balaban J connectivity index is 1.68. The van der Waals surface area contributed by atoms with E-state index in [1.807, 2.05) is 24.1 Å². The number of rotatable bonds is 3. The van der Waals surface area contributed by atoms with Crippen LogP contribution in [-0.2, 0) is 14.8 Å². The third kappa shape index (κ3) is 3.62. The summed E-state index contributed by atoms with van der Waals surface area (Å²) >= 11 is 0. The molecule has 0 unspecified atom stereocenters. The molecule has 4 rings (SSSR count). The van der Waals surface area contributed by atoms with Crippen LogP contribution in [0.25, 0.3) is 0 Å². The number of sulfonamides is 1. The van der Waals surface area contributed by atoms with E-state index < -0.39 is 21.3 Å². The quantitative estimate of drug-likeness (QED) is 0.702. The highest BCUT2D eigenvalue weighted by Crippen LogP contribution is 2.48. The van der Waals surface area contributed by atoms with Crippen molar-refractivity contribution in [3.8, 4) is 0 Å². The van der Waals surface area contributed by atoms with E-state index in [0.29, 0.717) is 32.4 Å². The van der Waals surface area contributed by atoms with Gasteiger partial charge in [0.05, 0.1) is 10.3 Å². The third-order valence-electron chi connectivity index (χ3n) is 6.66. The van der Waals surface area contributed by atoms with Crippen molar-refractivity contribution in [2.24, 2.45) is 5.41 Å². The summed E-state index contributed by atoms with van der Waals surface area (Å²) in [6.45, 7) is 3.26. The fraction of sp³-hybridized carbons (Fsp3) is 0.571. The van der Waals surface area contributed by atoms with E-state index >= 15 is 0 Å². The lowest BCUT2D eigenvalue weighted by Gasteiger charge is -2.43. The van der Waals surface area contributed by atoms with E-state index in [-0.39, 0.29) is 23.4 Å². The normalized spacial score (nSPS) is 28.9. The number of amides is 1. The van der Waals surface area contributed by atoms with Gasteiger partial charge in [0.1, 0.15) is 5.82 Å². The first-order valence-electron chi connectivity index (χ1n) is 10.2. The molecule has 2 aliphatic heterocycles. The molecule has 1 saturated heterocycles. The lowest BCUT2D eigenvalue weighted by Crippen LogP contribution is -2.57. The summed E-state index contributed by atoms with van der Waals surface area (Å²) in [7, 11) is -1.79. The van der Waals surface area contributed by atoms with Crippen LogP contribution in [0.1, 0.15) is 25.7 Å². The van der Waals surface area contributed by atoms with Crippen molar-refractivity contribution < 1.29 is 17.6 Å². The van der Waals surface area contributed by atoms with Crippen molar-refractivity contribution in [1.29, 1.82) is 0 Å². The molecule has 0 radical (unpaired) electrons. The molecule has 1 aromatic rings. The molecule has 0 spiro atoms. The van der Waals surface area contributed by atoms with Gasteiger partial charge in [0, 0.05) is 38.8 Å². The molecule has 2 atom stereocenters. The van der Waals surface area contributed by atoms with E-state index in [0.717, 1.165) is 31.6 Å². The zero-order valence-electron chi connectivity index (χ0n) is 16.8. The van der Waals surface area contributed by atoms with Gasteiger partial charge in [-0.3, -0.25) is 4.79 Å². The van der Waals surface area contributed by atoms with Gasteiger partial charge in [-0.25, -0.2) is 12.8 Å². The maximum absolute atomic E-state index is 13.7. The number of benzene rings is 1. The molecular formula is C21H28FN3O3S. The number of hydrogen-bond acceptors (Lipinski definition) is 4. The second-order valence-electron chi connectivity index (χ2n) is 8.36. The van der Waals surface area contributed by atoms with Crippen LogP contribution in [-0.4, -0.2) is 74.2 Å². The average Bonchev–Trinajstić information content (AvgIpc) is 3.03. The fourth-order valence-electron chi connectivity index (χ4n) is 4.98.